The summed E-state index contributed by atoms with van der Waals surface area (Å²) < 4.78 is 24.5. The molecule has 1 amide bonds. The lowest BCUT2D eigenvalue weighted by atomic mass is 10.2. The molecule has 1 fully saturated rings. The molecule has 0 atom stereocenters. The van der Waals surface area contributed by atoms with Crippen LogP contribution in [0.15, 0.2) is 47.3 Å². The van der Waals surface area contributed by atoms with Gasteiger partial charge in [0.25, 0.3) is 0 Å². The lowest BCUT2D eigenvalue weighted by molar-refractivity contribution is -0.128. The van der Waals surface area contributed by atoms with Crippen LogP contribution in [0.2, 0.25) is 0 Å². The summed E-state index contributed by atoms with van der Waals surface area (Å²) in [5.41, 5.74) is 0.793. The van der Waals surface area contributed by atoms with Crippen molar-refractivity contribution in [3.63, 3.8) is 0 Å². The first-order chi connectivity index (χ1) is 13.0. The molecule has 1 aliphatic rings. The van der Waals surface area contributed by atoms with E-state index in [2.05, 4.69) is 9.88 Å². The Hall–Kier alpha value is -2.03. The maximum absolute atomic E-state index is 12.5. The standard InChI is InChI=1S/C19H23N3O3S2/c23-19(16-27(24,25)14-7-17-5-2-1-3-6-17)22-10-4-9-21(11-12-22)15-18-20-8-13-26-18/h1-3,5-8,13-14H,4,9-12,15-16H2/b14-7+. The Labute approximate surface area is 164 Å². The number of carbonyl (C=O) groups excluding carboxylic acids is 1. The van der Waals surface area contributed by atoms with Gasteiger partial charge >= 0.3 is 0 Å². The third kappa shape index (κ3) is 6.27. The zero-order chi connectivity index (χ0) is 19.1. The van der Waals surface area contributed by atoms with Crippen molar-refractivity contribution in [3.05, 3.63) is 57.9 Å². The predicted molar refractivity (Wildman–Crippen MR) is 108 cm³/mol. The molecule has 3 rings (SSSR count). The summed E-state index contributed by atoms with van der Waals surface area (Å²) in [6.45, 7) is 3.51. The number of carbonyl (C=O) groups is 1. The van der Waals surface area contributed by atoms with Gasteiger partial charge in [-0.1, -0.05) is 30.3 Å². The second-order valence-electron chi connectivity index (χ2n) is 6.46. The predicted octanol–water partition coefficient (Wildman–Crippen LogP) is 2.26. The van der Waals surface area contributed by atoms with Crippen LogP contribution in [0.4, 0.5) is 0 Å². The number of rotatable bonds is 6. The van der Waals surface area contributed by atoms with Gasteiger partial charge in [0.1, 0.15) is 10.8 Å². The van der Waals surface area contributed by atoms with E-state index in [1.54, 1.807) is 22.4 Å². The van der Waals surface area contributed by atoms with Gasteiger partial charge in [0.05, 0.1) is 6.54 Å². The van der Waals surface area contributed by atoms with E-state index in [0.717, 1.165) is 42.0 Å². The van der Waals surface area contributed by atoms with Gasteiger partial charge in [-0.25, -0.2) is 13.4 Å². The molecule has 0 N–H and O–H groups in total. The van der Waals surface area contributed by atoms with Crippen molar-refractivity contribution in [1.82, 2.24) is 14.8 Å². The minimum Gasteiger partial charge on any atom is -0.340 e. The van der Waals surface area contributed by atoms with Gasteiger partial charge in [0.2, 0.25) is 5.91 Å². The Balaban J connectivity index is 1.53. The maximum Gasteiger partial charge on any atom is 0.238 e. The van der Waals surface area contributed by atoms with E-state index in [9.17, 15) is 13.2 Å². The first-order valence-corrected chi connectivity index (χ1v) is 11.5. The van der Waals surface area contributed by atoms with Crippen LogP contribution in [0.25, 0.3) is 6.08 Å². The summed E-state index contributed by atoms with van der Waals surface area (Å²) in [5.74, 6) is -0.813. The summed E-state index contributed by atoms with van der Waals surface area (Å²) in [4.78, 5) is 20.7. The Morgan fingerprint density at radius 3 is 2.70 bits per heavy atom. The minimum absolute atomic E-state index is 0.330. The van der Waals surface area contributed by atoms with Gasteiger partial charge in [-0.3, -0.25) is 9.69 Å². The molecule has 0 saturated carbocycles. The number of amides is 1. The summed E-state index contributed by atoms with van der Waals surface area (Å²) in [5, 5.41) is 4.15. The second-order valence-corrected chi connectivity index (χ2v) is 9.32. The van der Waals surface area contributed by atoms with Crippen molar-refractivity contribution >= 4 is 33.2 Å². The summed E-state index contributed by atoms with van der Waals surface area (Å²) >= 11 is 1.62. The molecule has 1 aromatic carbocycles. The molecule has 1 aromatic heterocycles. The molecule has 0 spiro atoms. The number of nitrogens with zero attached hydrogens (tertiary/aromatic N) is 3. The molecule has 1 saturated heterocycles. The molecule has 2 aromatic rings. The fourth-order valence-corrected chi connectivity index (χ4v) is 4.60. The van der Waals surface area contributed by atoms with E-state index in [4.69, 9.17) is 0 Å². The molecular weight excluding hydrogens is 382 g/mol. The molecule has 6 nitrogen and oxygen atoms in total. The molecule has 0 aliphatic carbocycles. The number of aromatic nitrogens is 1. The molecule has 144 valence electrons. The second kappa shape index (κ2) is 9.25. The first kappa shape index (κ1) is 19.7. The number of hydrogen-bond acceptors (Lipinski definition) is 6. The summed E-state index contributed by atoms with van der Waals surface area (Å²) in [6.07, 6.45) is 4.15. The van der Waals surface area contributed by atoms with Crippen molar-refractivity contribution in [2.45, 2.75) is 13.0 Å². The number of hydrogen-bond donors (Lipinski definition) is 0. The Morgan fingerprint density at radius 2 is 1.96 bits per heavy atom. The number of sulfone groups is 1. The van der Waals surface area contributed by atoms with E-state index in [-0.39, 0.29) is 5.91 Å². The van der Waals surface area contributed by atoms with Crippen molar-refractivity contribution < 1.29 is 13.2 Å². The van der Waals surface area contributed by atoms with Gasteiger partial charge in [0.15, 0.2) is 9.84 Å². The van der Waals surface area contributed by atoms with Crippen LogP contribution >= 0.6 is 11.3 Å². The fraction of sp³-hybridized carbons (Fsp3) is 0.368. The van der Waals surface area contributed by atoms with Gasteiger partial charge in [-0.05, 0) is 18.1 Å². The Morgan fingerprint density at radius 1 is 1.15 bits per heavy atom. The van der Waals surface area contributed by atoms with Gasteiger partial charge in [-0.15, -0.1) is 11.3 Å². The average molecular weight is 406 g/mol. The maximum atomic E-state index is 12.5. The molecular formula is C19H23N3O3S2. The van der Waals surface area contributed by atoms with Gasteiger partial charge in [-0.2, -0.15) is 0 Å². The van der Waals surface area contributed by atoms with Gasteiger partial charge in [0, 0.05) is 43.2 Å². The topological polar surface area (TPSA) is 70.6 Å². The molecule has 2 heterocycles. The summed E-state index contributed by atoms with van der Waals surface area (Å²) in [6, 6.07) is 9.18. The normalized spacial score (nSPS) is 16.5. The van der Waals surface area contributed by atoms with Crippen LogP contribution in [0.1, 0.15) is 17.0 Å². The molecule has 27 heavy (non-hydrogen) atoms. The van der Waals surface area contributed by atoms with Crippen molar-refractivity contribution in [2.24, 2.45) is 0 Å². The molecule has 0 bridgehead atoms. The van der Waals surface area contributed by atoms with Crippen LogP contribution in [-0.2, 0) is 21.2 Å². The number of thiazole rings is 1. The highest BCUT2D eigenvalue weighted by Crippen LogP contribution is 2.12. The van der Waals surface area contributed by atoms with Crippen molar-refractivity contribution in [1.29, 1.82) is 0 Å². The molecule has 1 aliphatic heterocycles. The monoisotopic (exact) mass is 405 g/mol. The van der Waals surface area contributed by atoms with Crippen LogP contribution in [-0.4, -0.2) is 61.0 Å². The summed E-state index contributed by atoms with van der Waals surface area (Å²) in [7, 11) is -3.59. The highest BCUT2D eigenvalue weighted by atomic mass is 32.2. The SMILES string of the molecule is O=C(CS(=O)(=O)/C=C/c1ccccc1)N1CCCN(Cc2nccs2)CC1. The fourth-order valence-electron chi connectivity index (χ4n) is 2.96. The lowest BCUT2D eigenvalue weighted by Crippen LogP contribution is -2.38. The Bertz CT molecular complexity index is 865. The van der Waals surface area contributed by atoms with Crippen molar-refractivity contribution in [2.75, 3.05) is 31.9 Å². The molecule has 0 unspecified atom stereocenters. The van der Waals surface area contributed by atoms with Crippen LogP contribution in [0.5, 0.6) is 0 Å². The molecule has 8 heteroatoms. The minimum atomic E-state index is -3.59. The van der Waals surface area contributed by atoms with Crippen LogP contribution < -0.4 is 0 Å². The van der Waals surface area contributed by atoms with E-state index in [1.165, 1.54) is 6.08 Å². The van der Waals surface area contributed by atoms with Crippen LogP contribution in [0, 0.1) is 0 Å². The smallest absolute Gasteiger partial charge is 0.238 e. The highest BCUT2D eigenvalue weighted by molar-refractivity contribution is 7.95. The average Bonchev–Trinajstić information content (AvgIpc) is 3.04. The largest absolute Gasteiger partial charge is 0.340 e. The third-order valence-corrected chi connectivity index (χ3v) is 6.34. The molecule has 0 radical (unpaired) electrons. The van der Waals surface area contributed by atoms with E-state index >= 15 is 0 Å². The van der Waals surface area contributed by atoms with Crippen LogP contribution in [0.3, 0.4) is 0 Å². The zero-order valence-corrected chi connectivity index (χ0v) is 16.7. The van der Waals surface area contributed by atoms with E-state index in [1.807, 2.05) is 35.7 Å². The zero-order valence-electron chi connectivity index (χ0n) is 15.0. The van der Waals surface area contributed by atoms with Crippen molar-refractivity contribution in [3.8, 4) is 0 Å². The lowest BCUT2D eigenvalue weighted by Gasteiger charge is -2.21. The number of benzene rings is 1. The quantitative estimate of drug-likeness (QED) is 0.737. The Kier molecular flexibility index (Phi) is 6.76. The van der Waals surface area contributed by atoms with E-state index < -0.39 is 15.6 Å². The van der Waals surface area contributed by atoms with Gasteiger partial charge < -0.3 is 4.90 Å². The van der Waals surface area contributed by atoms with E-state index in [0.29, 0.717) is 13.1 Å². The highest BCUT2D eigenvalue weighted by Gasteiger charge is 2.23. The first-order valence-electron chi connectivity index (χ1n) is 8.86. The third-order valence-electron chi connectivity index (χ3n) is 4.38.